The molecule has 6 nitrogen and oxygen atoms in total. The molecule has 0 atom stereocenters. The van der Waals surface area contributed by atoms with Crippen LogP contribution in [0.4, 0.5) is 5.13 Å². The number of carbonyl (C=O) groups excluding carboxylic acids is 1. The van der Waals surface area contributed by atoms with Gasteiger partial charge in [0.15, 0.2) is 10.8 Å². The van der Waals surface area contributed by atoms with Crippen LogP contribution in [0.5, 0.6) is 0 Å². The van der Waals surface area contributed by atoms with Gasteiger partial charge in [-0.05, 0) is 37.8 Å². The van der Waals surface area contributed by atoms with E-state index in [9.17, 15) is 4.79 Å². The quantitative estimate of drug-likeness (QED) is 0.660. The molecule has 2 heterocycles. The second-order valence-electron chi connectivity index (χ2n) is 6.79. The van der Waals surface area contributed by atoms with E-state index in [1.54, 1.807) is 16.0 Å². The summed E-state index contributed by atoms with van der Waals surface area (Å²) in [5, 5.41) is 12.1. The van der Waals surface area contributed by atoms with Gasteiger partial charge in [-0.25, -0.2) is 9.67 Å². The van der Waals surface area contributed by atoms with Gasteiger partial charge in [-0.3, -0.25) is 10.1 Å². The summed E-state index contributed by atoms with van der Waals surface area (Å²) in [6.45, 7) is 4.26. The van der Waals surface area contributed by atoms with Crippen LogP contribution < -0.4 is 5.32 Å². The summed E-state index contributed by atoms with van der Waals surface area (Å²) in [6.07, 6.45) is 5.05. The number of benzene rings is 1. The number of hydrogen-bond donors (Lipinski definition) is 1. The van der Waals surface area contributed by atoms with Gasteiger partial charge >= 0.3 is 0 Å². The smallest absolute Gasteiger partial charge is 0.279 e. The van der Waals surface area contributed by atoms with Gasteiger partial charge in [-0.2, -0.15) is 0 Å². The predicted molar refractivity (Wildman–Crippen MR) is 107 cm³/mol. The Kier molecular flexibility index (Phi) is 5.03. The van der Waals surface area contributed by atoms with Crippen molar-refractivity contribution in [1.29, 1.82) is 0 Å². The molecule has 3 aromatic rings. The van der Waals surface area contributed by atoms with E-state index in [1.165, 1.54) is 4.88 Å². The predicted octanol–water partition coefficient (Wildman–Crippen LogP) is 4.37. The summed E-state index contributed by atoms with van der Waals surface area (Å²) in [5.41, 5.74) is 3.33. The summed E-state index contributed by atoms with van der Waals surface area (Å²) >= 11 is 1.56. The summed E-state index contributed by atoms with van der Waals surface area (Å²) in [6, 6.07) is 9.85. The fourth-order valence-electron chi connectivity index (χ4n) is 3.24. The normalized spacial score (nSPS) is 13.7. The second-order valence-corrected chi connectivity index (χ2v) is 7.88. The molecule has 1 aliphatic rings. The van der Waals surface area contributed by atoms with Crippen molar-refractivity contribution in [1.82, 2.24) is 20.0 Å². The van der Waals surface area contributed by atoms with Gasteiger partial charge < -0.3 is 0 Å². The third-order valence-corrected chi connectivity index (χ3v) is 5.85. The Morgan fingerprint density at radius 2 is 2.04 bits per heavy atom. The molecule has 0 unspecified atom stereocenters. The Morgan fingerprint density at radius 1 is 1.26 bits per heavy atom. The number of amides is 1. The highest BCUT2D eigenvalue weighted by molar-refractivity contribution is 7.15. The SMILES string of the molecule is CCCc1nc(NC(=O)c2nnn(-c3ccccc3)c2C2CC2)sc1CC. The molecule has 7 heteroatoms. The summed E-state index contributed by atoms with van der Waals surface area (Å²) in [7, 11) is 0. The molecule has 140 valence electrons. The number of anilines is 1. The van der Waals surface area contributed by atoms with Crippen molar-refractivity contribution in [2.75, 3.05) is 5.32 Å². The first kappa shape index (κ1) is 17.9. The molecule has 0 aliphatic heterocycles. The lowest BCUT2D eigenvalue weighted by molar-refractivity contribution is 0.102. The molecule has 27 heavy (non-hydrogen) atoms. The fraction of sp³-hybridized carbons (Fsp3) is 0.400. The molecule has 1 aliphatic carbocycles. The Labute approximate surface area is 162 Å². The molecule has 1 amide bonds. The summed E-state index contributed by atoms with van der Waals surface area (Å²) in [4.78, 5) is 18.8. The van der Waals surface area contributed by atoms with Gasteiger partial charge in [0.1, 0.15) is 0 Å². The number of rotatable bonds is 7. The first-order valence-corrected chi connectivity index (χ1v) is 10.3. The van der Waals surface area contributed by atoms with Crippen LogP contribution in [-0.2, 0) is 12.8 Å². The average Bonchev–Trinajstić information content (AvgIpc) is 3.31. The Morgan fingerprint density at radius 3 is 2.70 bits per heavy atom. The summed E-state index contributed by atoms with van der Waals surface area (Å²) in [5.74, 6) is 0.123. The zero-order valence-electron chi connectivity index (χ0n) is 15.6. The van der Waals surface area contributed by atoms with E-state index in [2.05, 4.69) is 34.5 Å². The van der Waals surface area contributed by atoms with Gasteiger partial charge in [0.25, 0.3) is 5.91 Å². The lowest BCUT2D eigenvalue weighted by atomic mass is 10.2. The van der Waals surface area contributed by atoms with Crippen molar-refractivity contribution >= 4 is 22.4 Å². The van der Waals surface area contributed by atoms with Gasteiger partial charge in [0, 0.05) is 10.8 Å². The maximum Gasteiger partial charge on any atom is 0.279 e. The maximum atomic E-state index is 12.9. The molecule has 4 rings (SSSR count). The minimum Gasteiger partial charge on any atom is -0.296 e. The highest BCUT2D eigenvalue weighted by Gasteiger charge is 2.34. The zero-order valence-corrected chi connectivity index (χ0v) is 16.4. The molecule has 0 bridgehead atoms. The Balaban J connectivity index is 1.62. The molecule has 0 spiro atoms. The van der Waals surface area contributed by atoms with Crippen LogP contribution in [-0.4, -0.2) is 25.9 Å². The number of aryl methyl sites for hydroxylation is 2. The number of carbonyl (C=O) groups is 1. The highest BCUT2D eigenvalue weighted by Crippen LogP contribution is 2.42. The van der Waals surface area contributed by atoms with Gasteiger partial charge in [-0.1, -0.05) is 43.7 Å². The van der Waals surface area contributed by atoms with E-state index >= 15 is 0 Å². The van der Waals surface area contributed by atoms with E-state index in [-0.39, 0.29) is 5.91 Å². The first-order valence-electron chi connectivity index (χ1n) is 9.52. The van der Waals surface area contributed by atoms with Crippen LogP contribution in [0.3, 0.4) is 0 Å². The minimum atomic E-state index is -0.224. The van der Waals surface area contributed by atoms with Gasteiger partial charge in [-0.15, -0.1) is 16.4 Å². The molecule has 1 aromatic carbocycles. The molecular weight excluding hydrogens is 358 g/mol. The monoisotopic (exact) mass is 381 g/mol. The fourth-order valence-corrected chi connectivity index (χ4v) is 4.18. The summed E-state index contributed by atoms with van der Waals surface area (Å²) < 4.78 is 1.80. The van der Waals surface area contributed by atoms with Crippen molar-refractivity contribution in [3.63, 3.8) is 0 Å². The number of nitrogens with zero attached hydrogens (tertiary/aromatic N) is 4. The van der Waals surface area contributed by atoms with Crippen molar-refractivity contribution in [3.05, 3.63) is 52.3 Å². The van der Waals surface area contributed by atoms with Gasteiger partial charge in [0.05, 0.1) is 17.1 Å². The molecule has 1 fully saturated rings. The minimum absolute atomic E-state index is 0.224. The zero-order chi connectivity index (χ0) is 18.8. The van der Waals surface area contributed by atoms with Crippen LogP contribution >= 0.6 is 11.3 Å². The van der Waals surface area contributed by atoms with E-state index in [4.69, 9.17) is 0 Å². The average molecular weight is 382 g/mol. The van der Waals surface area contributed by atoms with Crippen molar-refractivity contribution in [2.45, 2.75) is 51.9 Å². The number of thiazole rings is 1. The number of aromatic nitrogens is 4. The first-order chi connectivity index (χ1) is 13.2. The number of para-hydroxylation sites is 1. The standard InChI is InChI=1S/C20H23N5OS/c1-3-8-15-16(4-2)27-20(21-15)22-19(26)17-18(13-11-12-13)25(24-23-17)14-9-6-5-7-10-14/h5-7,9-10,13H,3-4,8,11-12H2,1-2H3,(H,21,22,26). The molecule has 1 saturated carbocycles. The van der Waals surface area contributed by atoms with Crippen LogP contribution in [0.15, 0.2) is 30.3 Å². The highest BCUT2D eigenvalue weighted by atomic mass is 32.1. The molecule has 2 aromatic heterocycles. The largest absolute Gasteiger partial charge is 0.296 e. The van der Waals surface area contributed by atoms with Crippen LogP contribution in [0.2, 0.25) is 0 Å². The van der Waals surface area contributed by atoms with E-state index in [0.717, 1.165) is 49.2 Å². The van der Waals surface area contributed by atoms with Crippen LogP contribution in [0.1, 0.15) is 65.8 Å². The third kappa shape index (κ3) is 3.64. The lowest BCUT2D eigenvalue weighted by Crippen LogP contribution is -2.15. The topological polar surface area (TPSA) is 72.7 Å². The maximum absolute atomic E-state index is 12.9. The lowest BCUT2D eigenvalue weighted by Gasteiger charge is -2.06. The van der Waals surface area contributed by atoms with E-state index in [1.807, 2.05) is 30.3 Å². The Hall–Kier alpha value is -2.54. The molecule has 1 N–H and O–H groups in total. The van der Waals surface area contributed by atoms with E-state index < -0.39 is 0 Å². The number of hydrogen-bond acceptors (Lipinski definition) is 5. The van der Waals surface area contributed by atoms with Crippen molar-refractivity contribution < 1.29 is 4.79 Å². The Bertz CT molecular complexity index is 943. The molecule has 0 saturated heterocycles. The molecular formula is C20H23N5OS. The number of nitrogens with one attached hydrogen (secondary N) is 1. The molecule has 0 radical (unpaired) electrons. The van der Waals surface area contributed by atoms with Crippen LogP contribution in [0, 0.1) is 0 Å². The third-order valence-electron chi connectivity index (χ3n) is 4.69. The van der Waals surface area contributed by atoms with Crippen molar-refractivity contribution in [3.8, 4) is 5.69 Å². The second kappa shape index (κ2) is 7.60. The van der Waals surface area contributed by atoms with Crippen LogP contribution in [0.25, 0.3) is 5.69 Å². The van der Waals surface area contributed by atoms with Gasteiger partial charge in [0.2, 0.25) is 0 Å². The van der Waals surface area contributed by atoms with Crippen molar-refractivity contribution in [2.24, 2.45) is 0 Å². The van der Waals surface area contributed by atoms with E-state index in [0.29, 0.717) is 16.7 Å².